The molecule has 33 heavy (non-hydrogen) atoms. The Kier molecular flexibility index (Phi) is 6.21. The third-order valence-corrected chi connectivity index (χ3v) is 6.72. The van der Waals surface area contributed by atoms with Crippen molar-refractivity contribution in [1.29, 1.82) is 0 Å². The number of halogens is 3. The molecular weight excluding hydrogens is 464 g/mol. The average Bonchev–Trinajstić information content (AvgIpc) is 3.36. The Morgan fingerprint density at radius 2 is 1.73 bits per heavy atom. The highest BCUT2D eigenvalue weighted by molar-refractivity contribution is 6.31. The second kappa shape index (κ2) is 9.27. The van der Waals surface area contributed by atoms with Crippen LogP contribution in [-0.2, 0) is 0 Å². The fourth-order valence-corrected chi connectivity index (χ4v) is 4.85. The fraction of sp³-hybridized carbons (Fsp3) is 0.391. The molecule has 0 N–H and O–H groups in total. The normalized spacial score (nSPS) is 18.8. The van der Waals surface area contributed by atoms with Crippen molar-refractivity contribution >= 4 is 40.8 Å². The van der Waals surface area contributed by atoms with Gasteiger partial charge >= 0.3 is 0 Å². The van der Waals surface area contributed by atoms with Gasteiger partial charge in [0.05, 0.1) is 10.7 Å². The number of hydrogen-bond acceptors (Lipinski definition) is 7. The van der Waals surface area contributed by atoms with Gasteiger partial charge in [0.25, 0.3) is 0 Å². The lowest BCUT2D eigenvalue weighted by molar-refractivity contribution is 0.542. The van der Waals surface area contributed by atoms with E-state index in [1.165, 1.54) is 6.07 Å². The monoisotopic (exact) mass is 487 g/mol. The average molecular weight is 488 g/mol. The van der Waals surface area contributed by atoms with Gasteiger partial charge in [-0.15, -0.1) is 0 Å². The standard InChI is InChI=1S/C23H24Cl2FN7/c1-15-14-32(22-21(25)27-6-7-28-22)10-11-33(15)20-13-19(16-4-5-18(26)17(24)12-16)29-23(30-20)31-8-2-3-9-31/h4-7,12-13,15H,2-3,8-11,14H2,1H3. The maximum atomic E-state index is 13.8. The minimum atomic E-state index is -0.443. The minimum Gasteiger partial charge on any atom is -0.350 e. The van der Waals surface area contributed by atoms with E-state index in [9.17, 15) is 4.39 Å². The second-order valence-electron chi connectivity index (χ2n) is 8.39. The Hall–Kier alpha value is -2.71. The predicted molar refractivity (Wildman–Crippen MR) is 130 cm³/mol. The maximum absolute atomic E-state index is 13.8. The highest BCUT2D eigenvalue weighted by Crippen LogP contribution is 2.31. The van der Waals surface area contributed by atoms with Crippen LogP contribution in [-0.4, -0.2) is 58.7 Å². The van der Waals surface area contributed by atoms with E-state index in [1.54, 1.807) is 24.5 Å². The molecule has 2 saturated heterocycles. The lowest BCUT2D eigenvalue weighted by Gasteiger charge is -2.41. The lowest BCUT2D eigenvalue weighted by Crippen LogP contribution is -2.52. The number of hydrogen-bond donors (Lipinski definition) is 0. The van der Waals surface area contributed by atoms with Gasteiger partial charge in [-0.1, -0.05) is 23.2 Å². The molecule has 7 nitrogen and oxygen atoms in total. The van der Waals surface area contributed by atoms with Gasteiger partial charge in [-0.05, 0) is 38.0 Å². The quantitative estimate of drug-likeness (QED) is 0.528. The summed E-state index contributed by atoms with van der Waals surface area (Å²) in [7, 11) is 0. The van der Waals surface area contributed by atoms with Crippen molar-refractivity contribution < 1.29 is 4.39 Å². The summed E-state index contributed by atoms with van der Waals surface area (Å²) in [6, 6.07) is 6.82. The Morgan fingerprint density at radius 3 is 2.45 bits per heavy atom. The highest BCUT2D eigenvalue weighted by Gasteiger charge is 2.28. The summed E-state index contributed by atoms with van der Waals surface area (Å²) in [6.07, 6.45) is 5.50. The number of piperazine rings is 1. The molecule has 2 aliphatic heterocycles. The SMILES string of the molecule is CC1CN(c2nccnc2Cl)CCN1c1cc(-c2ccc(F)c(Cl)c2)nc(N2CCCC2)n1. The van der Waals surface area contributed by atoms with Gasteiger partial charge in [-0.25, -0.2) is 19.3 Å². The smallest absolute Gasteiger partial charge is 0.227 e. The van der Waals surface area contributed by atoms with Crippen molar-refractivity contribution in [3.8, 4) is 11.3 Å². The van der Waals surface area contributed by atoms with E-state index >= 15 is 0 Å². The molecule has 0 amide bonds. The summed E-state index contributed by atoms with van der Waals surface area (Å²) in [5.74, 6) is 1.81. The van der Waals surface area contributed by atoms with Crippen LogP contribution in [0.3, 0.4) is 0 Å². The molecule has 2 aromatic heterocycles. The molecule has 3 aromatic rings. The molecule has 0 bridgehead atoms. The molecular formula is C23H24Cl2FN7. The molecule has 172 valence electrons. The van der Waals surface area contributed by atoms with E-state index in [4.69, 9.17) is 33.2 Å². The zero-order valence-electron chi connectivity index (χ0n) is 18.3. The highest BCUT2D eigenvalue weighted by atomic mass is 35.5. The molecule has 0 radical (unpaired) electrons. The number of rotatable bonds is 4. The summed E-state index contributed by atoms with van der Waals surface area (Å²) in [4.78, 5) is 24.9. The van der Waals surface area contributed by atoms with Gasteiger partial charge in [-0.2, -0.15) is 4.98 Å². The van der Waals surface area contributed by atoms with Gasteiger partial charge in [0, 0.05) is 62.8 Å². The first kappa shape index (κ1) is 22.1. The summed E-state index contributed by atoms with van der Waals surface area (Å²) in [5, 5.41) is 0.491. The molecule has 2 aliphatic rings. The van der Waals surface area contributed by atoms with Gasteiger partial charge in [0.2, 0.25) is 5.95 Å². The molecule has 1 unspecified atom stereocenters. The summed E-state index contributed by atoms with van der Waals surface area (Å²) < 4.78 is 13.8. The molecule has 1 atom stereocenters. The van der Waals surface area contributed by atoms with Gasteiger partial charge < -0.3 is 14.7 Å². The number of anilines is 3. The Labute approximate surface area is 202 Å². The van der Waals surface area contributed by atoms with Gasteiger partial charge in [0.15, 0.2) is 11.0 Å². The van der Waals surface area contributed by atoms with Crippen LogP contribution in [0, 0.1) is 5.82 Å². The molecule has 4 heterocycles. The Morgan fingerprint density at radius 1 is 0.939 bits per heavy atom. The topological polar surface area (TPSA) is 61.3 Å². The molecule has 2 fully saturated rings. The minimum absolute atomic E-state index is 0.0817. The van der Waals surface area contributed by atoms with Crippen LogP contribution in [0.1, 0.15) is 19.8 Å². The van der Waals surface area contributed by atoms with E-state index < -0.39 is 5.82 Å². The second-order valence-corrected chi connectivity index (χ2v) is 9.16. The van der Waals surface area contributed by atoms with Crippen LogP contribution in [0.25, 0.3) is 11.3 Å². The van der Waals surface area contributed by atoms with E-state index in [-0.39, 0.29) is 11.1 Å². The molecule has 0 saturated carbocycles. The van der Waals surface area contributed by atoms with E-state index in [1.807, 2.05) is 6.07 Å². The summed E-state index contributed by atoms with van der Waals surface area (Å²) in [6.45, 7) is 6.24. The zero-order valence-corrected chi connectivity index (χ0v) is 19.8. The van der Waals surface area contributed by atoms with Crippen molar-refractivity contribution in [3.05, 3.63) is 52.7 Å². The predicted octanol–water partition coefficient (Wildman–Crippen LogP) is 4.69. The fourth-order valence-electron chi connectivity index (χ4n) is 4.45. The van der Waals surface area contributed by atoms with Crippen LogP contribution in [0.5, 0.6) is 0 Å². The van der Waals surface area contributed by atoms with Crippen LogP contribution < -0.4 is 14.7 Å². The molecule has 10 heteroatoms. The first-order chi connectivity index (χ1) is 16.0. The Bertz CT molecular complexity index is 1160. The first-order valence-electron chi connectivity index (χ1n) is 11.1. The van der Waals surface area contributed by atoms with Gasteiger partial charge in [0.1, 0.15) is 11.6 Å². The van der Waals surface area contributed by atoms with Gasteiger partial charge in [-0.3, -0.25) is 0 Å². The molecule has 0 spiro atoms. The Balaban J connectivity index is 1.47. The van der Waals surface area contributed by atoms with Crippen molar-refractivity contribution in [2.75, 3.05) is 47.4 Å². The van der Waals surface area contributed by atoms with Crippen molar-refractivity contribution in [2.24, 2.45) is 0 Å². The van der Waals surface area contributed by atoms with Crippen molar-refractivity contribution in [3.63, 3.8) is 0 Å². The number of aromatic nitrogens is 4. The molecule has 0 aliphatic carbocycles. The largest absolute Gasteiger partial charge is 0.350 e. The first-order valence-corrected chi connectivity index (χ1v) is 11.8. The lowest BCUT2D eigenvalue weighted by atomic mass is 10.1. The third kappa shape index (κ3) is 4.54. The third-order valence-electron chi connectivity index (χ3n) is 6.16. The van der Waals surface area contributed by atoms with Crippen molar-refractivity contribution in [1.82, 2.24) is 19.9 Å². The summed E-state index contributed by atoms with van der Waals surface area (Å²) in [5.41, 5.74) is 1.50. The van der Waals surface area contributed by atoms with Crippen LogP contribution >= 0.6 is 23.2 Å². The number of benzene rings is 1. The maximum Gasteiger partial charge on any atom is 0.227 e. The van der Waals surface area contributed by atoms with Crippen LogP contribution in [0.15, 0.2) is 36.7 Å². The van der Waals surface area contributed by atoms with E-state index in [0.717, 1.165) is 62.6 Å². The van der Waals surface area contributed by atoms with Crippen LogP contribution in [0.4, 0.5) is 22.0 Å². The summed E-state index contributed by atoms with van der Waals surface area (Å²) >= 11 is 12.3. The molecule has 5 rings (SSSR count). The van der Waals surface area contributed by atoms with Crippen LogP contribution in [0.2, 0.25) is 10.2 Å². The van der Waals surface area contributed by atoms with E-state index in [0.29, 0.717) is 16.9 Å². The van der Waals surface area contributed by atoms with E-state index in [2.05, 4.69) is 31.6 Å². The number of nitrogens with zero attached hydrogens (tertiary/aromatic N) is 7. The molecule has 1 aromatic carbocycles. The van der Waals surface area contributed by atoms with Crippen molar-refractivity contribution in [2.45, 2.75) is 25.8 Å². The zero-order chi connectivity index (χ0) is 22.9.